The minimum atomic E-state index is 0.616. The van der Waals surface area contributed by atoms with Gasteiger partial charge in [0.1, 0.15) is 5.52 Å². The third-order valence-corrected chi connectivity index (χ3v) is 12.5. The Labute approximate surface area is 338 Å². The highest BCUT2D eigenvalue weighted by Gasteiger charge is 2.26. The molecule has 0 atom stereocenters. The van der Waals surface area contributed by atoms with E-state index in [2.05, 4.69) is 173 Å². The molecule has 12 rings (SSSR count). The van der Waals surface area contributed by atoms with Crippen LogP contribution < -0.4 is 4.90 Å². The highest BCUT2D eigenvalue weighted by atomic mass is 32.1. The van der Waals surface area contributed by atoms with E-state index in [0.29, 0.717) is 5.89 Å². The van der Waals surface area contributed by atoms with Gasteiger partial charge in [0.2, 0.25) is 5.89 Å². The Bertz CT molecular complexity index is 3530. The van der Waals surface area contributed by atoms with Crippen LogP contribution in [0.5, 0.6) is 0 Å². The predicted molar refractivity (Wildman–Crippen MR) is 244 cm³/mol. The van der Waals surface area contributed by atoms with Crippen molar-refractivity contribution >= 4 is 92.2 Å². The topological polar surface area (TPSA) is 34.2 Å². The summed E-state index contributed by atoms with van der Waals surface area (Å²) in [5.41, 5.74) is 11.4. The molecule has 0 saturated heterocycles. The molecule has 4 nitrogen and oxygen atoms in total. The van der Waals surface area contributed by atoms with Crippen molar-refractivity contribution in [3.8, 4) is 28.3 Å². The zero-order chi connectivity index (χ0) is 38.2. The van der Waals surface area contributed by atoms with E-state index >= 15 is 0 Å². The summed E-state index contributed by atoms with van der Waals surface area (Å²) in [7, 11) is 0. The maximum Gasteiger partial charge on any atom is 0.227 e. The Morgan fingerprint density at radius 3 is 2.07 bits per heavy atom. The molecule has 0 radical (unpaired) electrons. The molecule has 3 aromatic heterocycles. The molecule has 0 spiro atoms. The quantitative estimate of drug-likeness (QED) is 0.169. The average Bonchev–Trinajstić information content (AvgIpc) is 4.00. The number of nitrogens with zero attached hydrogens (tertiary/aromatic N) is 3. The molecule has 3 heterocycles. The molecular formula is C53H33N3OS. The van der Waals surface area contributed by atoms with Gasteiger partial charge in [-0.15, -0.1) is 11.3 Å². The lowest BCUT2D eigenvalue weighted by Crippen LogP contribution is -2.11. The van der Waals surface area contributed by atoms with E-state index < -0.39 is 0 Å². The number of hydrogen-bond acceptors (Lipinski definition) is 4. The van der Waals surface area contributed by atoms with Crippen molar-refractivity contribution in [2.75, 3.05) is 4.90 Å². The van der Waals surface area contributed by atoms with Gasteiger partial charge in [-0.3, -0.25) is 0 Å². The second-order valence-electron chi connectivity index (χ2n) is 14.7. The standard InChI is InChI=1S/C53H33N3OS/c1-3-16-34(17-4-1)53-54-43-27-14-26-40(52(43)57-53)35-19-13-22-38(32-35)55(45-29-15-31-48-49(45)42-25-10-12-30-47(42)58-48)46-33-36-18-7-8-23-39(36)51-50(46)41-24-9-11-28-44(41)56(51)37-20-5-2-6-21-37/h1-33H. The van der Waals surface area contributed by atoms with Gasteiger partial charge in [0.15, 0.2) is 5.58 Å². The highest BCUT2D eigenvalue weighted by Crippen LogP contribution is 2.50. The first kappa shape index (κ1) is 32.7. The summed E-state index contributed by atoms with van der Waals surface area (Å²) < 4.78 is 11.5. The van der Waals surface area contributed by atoms with Crippen LogP contribution in [0, 0.1) is 0 Å². The molecule has 5 heteroatoms. The van der Waals surface area contributed by atoms with Crippen molar-refractivity contribution in [2.24, 2.45) is 0 Å². The predicted octanol–water partition coefficient (Wildman–Crippen LogP) is 15.2. The number of rotatable bonds is 6. The van der Waals surface area contributed by atoms with Gasteiger partial charge in [-0.25, -0.2) is 4.98 Å². The van der Waals surface area contributed by atoms with Gasteiger partial charge >= 0.3 is 0 Å². The van der Waals surface area contributed by atoms with Gasteiger partial charge in [0, 0.05) is 58.8 Å². The zero-order valence-corrected chi connectivity index (χ0v) is 32.0. The van der Waals surface area contributed by atoms with Crippen LogP contribution in [-0.2, 0) is 0 Å². The molecule has 9 aromatic carbocycles. The molecule has 0 fully saturated rings. The number of oxazole rings is 1. The van der Waals surface area contributed by atoms with Crippen LogP contribution in [0.3, 0.4) is 0 Å². The van der Waals surface area contributed by atoms with Gasteiger partial charge in [-0.2, -0.15) is 0 Å². The largest absolute Gasteiger partial charge is 0.435 e. The lowest BCUT2D eigenvalue weighted by molar-refractivity contribution is 0.621. The highest BCUT2D eigenvalue weighted by molar-refractivity contribution is 7.26. The summed E-state index contributed by atoms with van der Waals surface area (Å²) >= 11 is 1.85. The van der Waals surface area contributed by atoms with Gasteiger partial charge in [0.05, 0.1) is 22.4 Å². The van der Waals surface area contributed by atoms with Gasteiger partial charge in [-0.1, -0.05) is 127 Å². The Hall–Kier alpha value is -7.47. The first-order valence-electron chi connectivity index (χ1n) is 19.5. The SMILES string of the molecule is c1ccc(-c2nc3cccc(-c4cccc(N(c5cccc6sc7ccccc7c56)c5cc6ccccc6c6c5c5ccccc5n6-c5ccccc5)c4)c3o2)cc1. The molecule has 272 valence electrons. The Morgan fingerprint density at radius 1 is 0.500 bits per heavy atom. The van der Waals surface area contributed by atoms with E-state index in [1.165, 1.54) is 52.8 Å². The molecule has 0 N–H and O–H groups in total. The van der Waals surface area contributed by atoms with Gasteiger partial charge in [-0.05, 0) is 83.7 Å². The van der Waals surface area contributed by atoms with E-state index in [9.17, 15) is 0 Å². The third kappa shape index (κ3) is 5.04. The minimum Gasteiger partial charge on any atom is -0.435 e. The Kier molecular flexibility index (Phi) is 7.37. The van der Waals surface area contributed by atoms with Crippen molar-refractivity contribution in [3.05, 3.63) is 200 Å². The monoisotopic (exact) mass is 759 g/mol. The van der Waals surface area contributed by atoms with Crippen molar-refractivity contribution < 1.29 is 4.42 Å². The van der Waals surface area contributed by atoms with Crippen LogP contribution in [0.4, 0.5) is 17.1 Å². The van der Waals surface area contributed by atoms with E-state index in [1.807, 2.05) is 47.7 Å². The lowest BCUT2D eigenvalue weighted by atomic mass is 9.99. The zero-order valence-electron chi connectivity index (χ0n) is 31.2. The smallest absolute Gasteiger partial charge is 0.227 e. The van der Waals surface area contributed by atoms with Crippen LogP contribution in [-0.4, -0.2) is 9.55 Å². The number of aromatic nitrogens is 2. The second kappa shape index (κ2) is 13.1. The van der Waals surface area contributed by atoms with Crippen molar-refractivity contribution in [3.63, 3.8) is 0 Å². The van der Waals surface area contributed by atoms with Crippen molar-refractivity contribution in [2.45, 2.75) is 0 Å². The lowest BCUT2D eigenvalue weighted by Gasteiger charge is -2.28. The fourth-order valence-corrected chi connectivity index (χ4v) is 10.0. The summed E-state index contributed by atoms with van der Waals surface area (Å²) in [6, 6.07) is 71.6. The van der Waals surface area contributed by atoms with E-state index in [0.717, 1.165) is 50.5 Å². The molecule has 12 aromatic rings. The van der Waals surface area contributed by atoms with Crippen LogP contribution in [0.2, 0.25) is 0 Å². The summed E-state index contributed by atoms with van der Waals surface area (Å²) in [6.07, 6.45) is 0. The molecule has 0 aliphatic rings. The average molecular weight is 760 g/mol. The molecule has 58 heavy (non-hydrogen) atoms. The third-order valence-electron chi connectivity index (χ3n) is 11.4. The summed E-state index contributed by atoms with van der Waals surface area (Å²) in [6.45, 7) is 0. The van der Waals surface area contributed by atoms with Gasteiger partial charge in [0.25, 0.3) is 0 Å². The normalized spacial score (nSPS) is 11.8. The molecular weight excluding hydrogens is 727 g/mol. The maximum atomic E-state index is 6.58. The molecule has 0 unspecified atom stereocenters. The van der Waals surface area contributed by atoms with E-state index in [1.54, 1.807) is 0 Å². The van der Waals surface area contributed by atoms with Crippen molar-refractivity contribution in [1.82, 2.24) is 9.55 Å². The minimum absolute atomic E-state index is 0.616. The fourth-order valence-electron chi connectivity index (χ4n) is 8.88. The maximum absolute atomic E-state index is 6.58. The summed E-state index contributed by atoms with van der Waals surface area (Å²) in [5, 5.41) is 7.28. The van der Waals surface area contributed by atoms with Crippen LogP contribution in [0.25, 0.3) is 92.1 Å². The number of anilines is 3. The van der Waals surface area contributed by atoms with Crippen LogP contribution in [0.15, 0.2) is 205 Å². The summed E-state index contributed by atoms with van der Waals surface area (Å²) in [5.74, 6) is 0.616. The molecule has 0 aliphatic carbocycles. The summed E-state index contributed by atoms with van der Waals surface area (Å²) in [4.78, 5) is 7.42. The second-order valence-corrected chi connectivity index (χ2v) is 15.8. The number of para-hydroxylation sites is 3. The number of thiophene rings is 1. The van der Waals surface area contributed by atoms with Gasteiger partial charge < -0.3 is 13.9 Å². The van der Waals surface area contributed by atoms with E-state index in [4.69, 9.17) is 9.40 Å². The fraction of sp³-hybridized carbons (Fsp3) is 0. The van der Waals surface area contributed by atoms with E-state index in [-0.39, 0.29) is 0 Å². The number of fused-ring (bicyclic) bond motifs is 9. The first-order chi connectivity index (χ1) is 28.8. The molecule has 0 saturated carbocycles. The Balaban J connectivity index is 1.19. The number of benzene rings is 9. The molecule has 0 aliphatic heterocycles. The van der Waals surface area contributed by atoms with Crippen LogP contribution >= 0.6 is 11.3 Å². The first-order valence-corrected chi connectivity index (χ1v) is 20.4. The Morgan fingerprint density at radius 2 is 1.19 bits per heavy atom. The van der Waals surface area contributed by atoms with Crippen LogP contribution in [0.1, 0.15) is 0 Å². The molecule has 0 bridgehead atoms. The number of hydrogen-bond donors (Lipinski definition) is 0. The van der Waals surface area contributed by atoms with Crippen molar-refractivity contribution in [1.29, 1.82) is 0 Å². The molecule has 0 amide bonds.